The number of phenols is 1. The van der Waals surface area contributed by atoms with E-state index in [4.69, 9.17) is 16.7 Å². The summed E-state index contributed by atoms with van der Waals surface area (Å²) >= 11 is 5.78. The first-order chi connectivity index (χ1) is 8.56. The van der Waals surface area contributed by atoms with Gasteiger partial charge in [-0.05, 0) is 25.0 Å². The van der Waals surface area contributed by atoms with Crippen molar-refractivity contribution in [2.45, 2.75) is 31.8 Å². The Kier molecular flexibility index (Phi) is 4.09. The Labute approximate surface area is 111 Å². The third kappa shape index (κ3) is 3.62. The van der Waals surface area contributed by atoms with E-state index in [9.17, 15) is 9.90 Å². The highest BCUT2D eigenvalue weighted by Gasteiger charge is 2.29. The van der Waals surface area contributed by atoms with Crippen molar-refractivity contribution < 1.29 is 15.0 Å². The number of carboxylic acid groups (broad SMARTS) is 1. The van der Waals surface area contributed by atoms with Crippen LogP contribution in [0.4, 0.5) is 0 Å². The Balaban J connectivity index is 2.01. The summed E-state index contributed by atoms with van der Waals surface area (Å²) in [5.41, 5.74) is 0.789. The van der Waals surface area contributed by atoms with Crippen LogP contribution in [0.2, 0.25) is 5.02 Å². The van der Waals surface area contributed by atoms with Crippen LogP contribution < -0.4 is 0 Å². The molecule has 1 aliphatic rings. The summed E-state index contributed by atoms with van der Waals surface area (Å²) in [5, 5.41) is 19.0. The van der Waals surface area contributed by atoms with Crippen LogP contribution in [-0.4, -0.2) is 33.7 Å². The lowest BCUT2D eigenvalue weighted by atomic mass is 10.2. The van der Waals surface area contributed by atoms with Gasteiger partial charge in [-0.3, -0.25) is 9.69 Å². The molecule has 1 fully saturated rings. The zero-order valence-electron chi connectivity index (χ0n) is 9.97. The van der Waals surface area contributed by atoms with Crippen LogP contribution in [-0.2, 0) is 11.3 Å². The van der Waals surface area contributed by atoms with Crippen molar-refractivity contribution in [3.8, 4) is 5.75 Å². The molecule has 1 aromatic rings. The molecule has 2 N–H and O–H groups in total. The maximum atomic E-state index is 10.6. The van der Waals surface area contributed by atoms with E-state index < -0.39 is 5.97 Å². The van der Waals surface area contributed by atoms with E-state index in [0.717, 1.165) is 18.4 Å². The van der Waals surface area contributed by atoms with E-state index in [1.807, 2.05) is 0 Å². The number of carbonyl (C=O) groups is 1. The quantitative estimate of drug-likeness (QED) is 0.833. The molecule has 5 heteroatoms. The first-order valence-electron chi connectivity index (χ1n) is 5.99. The largest absolute Gasteiger partial charge is 0.508 e. The molecule has 1 saturated carbocycles. The van der Waals surface area contributed by atoms with Gasteiger partial charge >= 0.3 is 5.97 Å². The van der Waals surface area contributed by atoms with Gasteiger partial charge in [0.25, 0.3) is 0 Å². The topological polar surface area (TPSA) is 60.8 Å². The predicted octanol–water partition coefficient (Wildman–Crippen LogP) is 2.48. The van der Waals surface area contributed by atoms with E-state index in [1.54, 1.807) is 12.1 Å². The van der Waals surface area contributed by atoms with E-state index in [1.165, 1.54) is 6.07 Å². The van der Waals surface area contributed by atoms with Gasteiger partial charge in [-0.1, -0.05) is 17.7 Å². The number of phenolic OH excluding ortho intramolecular Hbond substituents is 1. The van der Waals surface area contributed by atoms with Gasteiger partial charge in [0, 0.05) is 29.7 Å². The number of hydrogen-bond acceptors (Lipinski definition) is 3. The predicted molar refractivity (Wildman–Crippen MR) is 68.8 cm³/mol. The molecule has 0 aliphatic heterocycles. The van der Waals surface area contributed by atoms with Crippen molar-refractivity contribution in [2.75, 3.05) is 6.54 Å². The second kappa shape index (κ2) is 5.59. The summed E-state index contributed by atoms with van der Waals surface area (Å²) in [7, 11) is 0. The molecule has 0 atom stereocenters. The Hall–Kier alpha value is -1.26. The highest BCUT2D eigenvalue weighted by molar-refractivity contribution is 6.30. The van der Waals surface area contributed by atoms with Crippen LogP contribution in [0, 0.1) is 0 Å². The molecule has 2 rings (SSSR count). The average molecular weight is 270 g/mol. The molecule has 1 aromatic carbocycles. The third-order valence-electron chi connectivity index (χ3n) is 3.10. The Morgan fingerprint density at radius 1 is 1.44 bits per heavy atom. The van der Waals surface area contributed by atoms with Crippen molar-refractivity contribution in [3.05, 3.63) is 28.8 Å². The molecule has 0 bridgehead atoms. The van der Waals surface area contributed by atoms with Gasteiger partial charge in [0.15, 0.2) is 0 Å². The van der Waals surface area contributed by atoms with Gasteiger partial charge in [0.2, 0.25) is 0 Å². The van der Waals surface area contributed by atoms with Gasteiger partial charge in [-0.2, -0.15) is 0 Å². The molecule has 0 saturated heterocycles. The maximum absolute atomic E-state index is 10.6. The lowest BCUT2D eigenvalue weighted by Gasteiger charge is -2.21. The fourth-order valence-corrected chi connectivity index (χ4v) is 2.13. The van der Waals surface area contributed by atoms with Crippen LogP contribution in [0.15, 0.2) is 18.2 Å². The van der Waals surface area contributed by atoms with Crippen molar-refractivity contribution in [3.63, 3.8) is 0 Å². The zero-order chi connectivity index (χ0) is 13.1. The molecule has 0 unspecified atom stereocenters. The van der Waals surface area contributed by atoms with Crippen molar-refractivity contribution >= 4 is 17.6 Å². The number of nitrogens with zero attached hydrogens (tertiary/aromatic N) is 1. The van der Waals surface area contributed by atoms with Crippen molar-refractivity contribution in [2.24, 2.45) is 0 Å². The van der Waals surface area contributed by atoms with Crippen LogP contribution in [0.3, 0.4) is 0 Å². The van der Waals surface area contributed by atoms with Crippen LogP contribution >= 0.6 is 11.6 Å². The standard InChI is InChI=1S/C13H16ClNO3/c14-10-2-1-9(12(16)7-10)8-15(11-3-4-11)6-5-13(17)18/h1-2,7,11,16H,3-6,8H2,(H,17,18). The first kappa shape index (κ1) is 13.2. The minimum absolute atomic E-state index is 0.130. The van der Waals surface area contributed by atoms with Gasteiger partial charge < -0.3 is 10.2 Å². The molecule has 98 valence electrons. The molecule has 18 heavy (non-hydrogen) atoms. The number of aromatic hydroxyl groups is 1. The first-order valence-corrected chi connectivity index (χ1v) is 6.37. The van der Waals surface area contributed by atoms with E-state index in [-0.39, 0.29) is 12.2 Å². The molecular formula is C13H16ClNO3. The maximum Gasteiger partial charge on any atom is 0.304 e. The lowest BCUT2D eigenvalue weighted by Crippen LogP contribution is -2.28. The van der Waals surface area contributed by atoms with Gasteiger partial charge in [0.1, 0.15) is 5.75 Å². The summed E-state index contributed by atoms with van der Waals surface area (Å²) in [4.78, 5) is 12.7. The molecular weight excluding hydrogens is 254 g/mol. The molecule has 0 spiro atoms. The summed E-state index contributed by atoms with van der Waals surface area (Å²) in [6.07, 6.45) is 2.34. The normalized spacial score (nSPS) is 15.0. The highest BCUT2D eigenvalue weighted by Crippen LogP contribution is 2.31. The second-order valence-corrected chi connectivity index (χ2v) is 5.05. The molecule has 1 aliphatic carbocycles. The number of halogens is 1. The van der Waals surface area contributed by atoms with Crippen LogP contribution in [0.1, 0.15) is 24.8 Å². The molecule has 0 aromatic heterocycles. The Bertz CT molecular complexity index is 446. The van der Waals surface area contributed by atoms with Gasteiger partial charge in [-0.25, -0.2) is 0 Å². The fourth-order valence-electron chi connectivity index (χ4n) is 1.96. The van der Waals surface area contributed by atoms with Crippen molar-refractivity contribution in [1.29, 1.82) is 0 Å². The zero-order valence-corrected chi connectivity index (χ0v) is 10.7. The molecule has 0 radical (unpaired) electrons. The van der Waals surface area contributed by atoms with Crippen LogP contribution in [0.25, 0.3) is 0 Å². The summed E-state index contributed by atoms with van der Waals surface area (Å²) < 4.78 is 0. The highest BCUT2D eigenvalue weighted by atomic mass is 35.5. The summed E-state index contributed by atoms with van der Waals surface area (Å²) in [6.45, 7) is 1.09. The summed E-state index contributed by atoms with van der Waals surface area (Å²) in [5.74, 6) is -0.621. The number of carboxylic acids is 1. The van der Waals surface area contributed by atoms with E-state index >= 15 is 0 Å². The minimum atomic E-state index is -0.791. The van der Waals surface area contributed by atoms with Gasteiger partial charge in [-0.15, -0.1) is 0 Å². The van der Waals surface area contributed by atoms with Crippen molar-refractivity contribution in [1.82, 2.24) is 4.90 Å². The molecule has 4 nitrogen and oxygen atoms in total. The number of rotatable bonds is 6. The van der Waals surface area contributed by atoms with Gasteiger partial charge in [0.05, 0.1) is 6.42 Å². The summed E-state index contributed by atoms with van der Waals surface area (Å²) in [6, 6.07) is 5.49. The minimum Gasteiger partial charge on any atom is -0.508 e. The molecule has 0 heterocycles. The lowest BCUT2D eigenvalue weighted by molar-refractivity contribution is -0.137. The number of benzene rings is 1. The Morgan fingerprint density at radius 2 is 2.17 bits per heavy atom. The number of aliphatic carboxylic acids is 1. The van der Waals surface area contributed by atoms with E-state index in [2.05, 4.69) is 4.90 Å². The fraction of sp³-hybridized carbons (Fsp3) is 0.462. The van der Waals surface area contributed by atoms with Crippen LogP contribution in [0.5, 0.6) is 5.75 Å². The number of hydrogen-bond donors (Lipinski definition) is 2. The Morgan fingerprint density at radius 3 is 2.72 bits per heavy atom. The monoisotopic (exact) mass is 269 g/mol. The molecule has 0 amide bonds. The van der Waals surface area contributed by atoms with E-state index in [0.29, 0.717) is 24.2 Å². The smallest absolute Gasteiger partial charge is 0.304 e. The average Bonchev–Trinajstić information content (AvgIpc) is 3.10. The SMILES string of the molecule is O=C(O)CCN(Cc1ccc(Cl)cc1O)C1CC1. The second-order valence-electron chi connectivity index (χ2n) is 4.62. The third-order valence-corrected chi connectivity index (χ3v) is 3.33.